The summed E-state index contributed by atoms with van der Waals surface area (Å²) in [5, 5.41) is 4.96. The number of fused-ring (bicyclic) bond motifs is 2. The fourth-order valence-electron chi connectivity index (χ4n) is 3.19. The van der Waals surface area contributed by atoms with Gasteiger partial charge >= 0.3 is 11.8 Å². The highest BCUT2D eigenvalue weighted by atomic mass is 16.2. The molecule has 1 heterocycles. The normalized spacial score (nSPS) is 12.0. The van der Waals surface area contributed by atoms with E-state index < -0.39 is 11.8 Å². The molecule has 0 aliphatic heterocycles. The van der Waals surface area contributed by atoms with Crippen LogP contribution in [0.25, 0.3) is 0 Å². The van der Waals surface area contributed by atoms with E-state index in [0.717, 1.165) is 5.56 Å². The summed E-state index contributed by atoms with van der Waals surface area (Å²) >= 11 is 0. The van der Waals surface area contributed by atoms with Gasteiger partial charge in [-0.15, -0.1) is 0 Å². The summed E-state index contributed by atoms with van der Waals surface area (Å²) in [6, 6.07) is 14.5. The SMILES string of the molecule is O=C(NCc1ccncc1)C(=O)Nc1cccc2c1C(=O)c1ccccc1C2=O. The van der Waals surface area contributed by atoms with Gasteiger partial charge in [0, 0.05) is 35.6 Å². The van der Waals surface area contributed by atoms with Crippen molar-refractivity contribution in [1.82, 2.24) is 10.3 Å². The van der Waals surface area contributed by atoms with E-state index in [1.165, 1.54) is 12.1 Å². The molecule has 2 aromatic carbocycles. The Morgan fingerprint density at radius 2 is 1.41 bits per heavy atom. The van der Waals surface area contributed by atoms with Gasteiger partial charge in [-0.2, -0.15) is 0 Å². The fourth-order valence-corrected chi connectivity index (χ4v) is 3.19. The number of pyridine rings is 1. The van der Waals surface area contributed by atoms with Crippen LogP contribution in [-0.4, -0.2) is 28.4 Å². The zero-order chi connectivity index (χ0) is 20.4. The topological polar surface area (TPSA) is 105 Å². The molecule has 0 saturated carbocycles. The van der Waals surface area contributed by atoms with Crippen LogP contribution in [0.3, 0.4) is 0 Å². The Bertz CT molecular complexity index is 1160. The summed E-state index contributed by atoms with van der Waals surface area (Å²) in [6.45, 7) is 0.159. The first kappa shape index (κ1) is 18.2. The number of hydrogen-bond donors (Lipinski definition) is 2. The maximum Gasteiger partial charge on any atom is 0.313 e. The number of ketones is 2. The highest BCUT2D eigenvalue weighted by Crippen LogP contribution is 2.31. The van der Waals surface area contributed by atoms with Gasteiger partial charge in [0.2, 0.25) is 0 Å². The van der Waals surface area contributed by atoms with Crippen molar-refractivity contribution in [2.75, 3.05) is 5.32 Å². The van der Waals surface area contributed by atoms with Crippen LogP contribution in [0.5, 0.6) is 0 Å². The molecule has 3 aromatic rings. The Labute approximate surface area is 165 Å². The van der Waals surface area contributed by atoms with Gasteiger partial charge in [-0.3, -0.25) is 24.2 Å². The van der Waals surface area contributed by atoms with E-state index in [4.69, 9.17) is 0 Å². The third-order valence-electron chi connectivity index (χ3n) is 4.61. The lowest BCUT2D eigenvalue weighted by Crippen LogP contribution is -2.35. The minimum Gasteiger partial charge on any atom is -0.344 e. The highest BCUT2D eigenvalue weighted by Gasteiger charge is 2.32. The third-order valence-corrected chi connectivity index (χ3v) is 4.61. The first-order chi connectivity index (χ1) is 14.1. The Balaban J connectivity index is 1.56. The van der Waals surface area contributed by atoms with Crippen molar-refractivity contribution >= 4 is 29.1 Å². The van der Waals surface area contributed by atoms with E-state index >= 15 is 0 Å². The van der Waals surface area contributed by atoms with Crippen LogP contribution in [0.15, 0.2) is 67.0 Å². The molecular formula is C22H15N3O4. The Morgan fingerprint density at radius 3 is 2.14 bits per heavy atom. The second-order valence-corrected chi connectivity index (χ2v) is 6.42. The van der Waals surface area contributed by atoms with E-state index in [1.807, 2.05) is 0 Å². The first-order valence-electron chi connectivity index (χ1n) is 8.86. The van der Waals surface area contributed by atoms with Crippen LogP contribution in [-0.2, 0) is 16.1 Å². The van der Waals surface area contributed by atoms with Crippen molar-refractivity contribution in [2.24, 2.45) is 0 Å². The van der Waals surface area contributed by atoms with Crippen molar-refractivity contribution < 1.29 is 19.2 Å². The van der Waals surface area contributed by atoms with Crippen LogP contribution < -0.4 is 10.6 Å². The number of amides is 2. The van der Waals surface area contributed by atoms with Crippen molar-refractivity contribution in [2.45, 2.75) is 6.54 Å². The number of nitrogens with one attached hydrogen (secondary N) is 2. The number of anilines is 1. The molecule has 1 aromatic heterocycles. The number of benzene rings is 2. The Morgan fingerprint density at radius 1 is 0.759 bits per heavy atom. The van der Waals surface area contributed by atoms with Crippen LogP contribution in [0.2, 0.25) is 0 Å². The van der Waals surface area contributed by atoms with Crippen LogP contribution in [0.1, 0.15) is 37.4 Å². The van der Waals surface area contributed by atoms with E-state index in [0.29, 0.717) is 5.56 Å². The van der Waals surface area contributed by atoms with Gasteiger partial charge in [-0.25, -0.2) is 0 Å². The van der Waals surface area contributed by atoms with Gasteiger partial charge in [-0.05, 0) is 23.8 Å². The molecule has 0 saturated heterocycles. The van der Waals surface area contributed by atoms with Gasteiger partial charge in [0.1, 0.15) is 0 Å². The van der Waals surface area contributed by atoms with Gasteiger partial charge in [0.15, 0.2) is 11.6 Å². The maximum atomic E-state index is 12.9. The summed E-state index contributed by atoms with van der Waals surface area (Å²) < 4.78 is 0. The number of carbonyl (C=O) groups is 4. The largest absolute Gasteiger partial charge is 0.344 e. The van der Waals surface area contributed by atoms with E-state index in [-0.39, 0.29) is 40.5 Å². The average Bonchev–Trinajstić information content (AvgIpc) is 2.76. The summed E-state index contributed by atoms with van der Waals surface area (Å²) in [5.41, 5.74) is 1.79. The minimum atomic E-state index is -0.924. The number of hydrogen-bond acceptors (Lipinski definition) is 5. The van der Waals surface area contributed by atoms with Crippen molar-refractivity contribution in [1.29, 1.82) is 0 Å². The van der Waals surface area contributed by atoms with E-state index in [1.54, 1.807) is 54.9 Å². The standard InChI is InChI=1S/C22H15N3O4/c26-19-14-4-1-2-5-15(14)20(27)18-16(19)6-3-7-17(18)25-22(29)21(28)24-12-13-8-10-23-11-9-13/h1-11H,12H2,(H,24,28)(H,25,29). The maximum absolute atomic E-state index is 12.9. The van der Waals surface area contributed by atoms with Crippen molar-refractivity contribution in [3.63, 3.8) is 0 Å². The van der Waals surface area contributed by atoms with Gasteiger partial charge in [0.05, 0.1) is 11.3 Å². The molecule has 29 heavy (non-hydrogen) atoms. The molecule has 7 nitrogen and oxygen atoms in total. The van der Waals surface area contributed by atoms with Crippen molar-refractivity contribution in [3.8, 4) is 0 Å². The quantitative estimate of drug-likeness (QED) is 0.526. The van der Waals surface area contributed by atoms with E-state index in [2.05, 4.69) is 15.6 Å². The predicted molar refractivity (Wildman–Crippen MR) is 104 cm³/mol. The lowest BCUT2D eigenvalue weighted by atomic mass is 9.83. The average molecular weight is 385 g/mol. The molecule has 0 atom stereocenters. The Hall–Kier alpha value is -4.13. The third kappa shape index (κ3) is 3.41. The zero-order valence-corrected chi connectivity index (χ0v) is 15.1. The molecule has 0 fully saturated rings. The molecule has 2 amide bonds. The second-order valence-electron chi connectivity index (χ2n) is 6.42. The van der Waals surface area contributed by atoms with Crippen LogP contribution >= 0.6 is 0 Å². The van der Waals surface area contributed by atoms with Crippen molar-refractivity contribution in [3.05, 3.63) is 94.8 Å². The molecule has 0 bridgehead atoms. The molecule has 7 heteroatoms. The Kier molecular flexibility index (Phi) is 4.70. The number of aromatic nitrogens is 1. The summed E-state index contributed by atoms with van der Waals surface area (Å²) in [4.78, 5) is 54.0. The summed E-state index contributed by atoms with van der Waals surface area (Å²) in [7, 11) is 0. The molecule has 1 aliphatic rings. The van der Waals surface area contributed by atoms with Crippen LogP contribution in [0, 0.1) is 0 Å². The molecule has 2 N–H and O–H groups in total. The first-order valence-corrected chi connectivity index (χ1v) is 8.86. The zero-order valence-electron chi connectivity index (χ0n) is 15.1. The fraction of sp³-hybridized carbons (Fsp3) is 0.0455. The smallest absolute Gasteiger partial charge is 0.313 e. The minimum absolute atomic E-state index is 0.0893. The predicted octanol–water partition coefficient (Wildman–Crippen LogP) is 2.11. The summed E-state index contributed by atoms with van der Waals surface area (Å²) in [5.74, 6) is -2.45. The van der Waals surface area contributed by atoms with Gasteiger partial charge in [0.25, 0.3) is 0 Å². The molecule has 0 unspecified atom stereocenters. The van der Waals surface area contributed by atoms with E-state index in [9.17, 15) is 19.2 Å². The molecule has 0 radical (unpaired) electrons. The number of carbonyl (C=O) groups excluding carboxylic acids is 4. The molecule has 0 spiro atoms. The van der Waals surface area contributed by atoms with Gasteiger partial charge < -0.3 is 10.6 Å². The molecule has 4 rings (SSSR count). The number of rotatable bonds is 3. The van der Waals surface area contributed by atoms with Gasteiger partial charge in [-0.1, -0.05) is 36.4 Å². The molecule has 142 valence electrons. The lowest BCUT2D eigenvalue weighted by molar-refractivity contribution is -0.136. The number of nitrogens with zero attached hydrogens (tertiary/aromatic N) is 1. The second kappa shape index (κ2) is 7.47. The lowest BCUT2D eigenvalue weighted by Gasteiger charge is -2.20. The summed E-state index contributed by atoms with van der Waals surface area (Å²) in [6.07, 6.45) is 3.16. The molecule has 1 aliphatic carbocycles. The molecular weight excluding hydrogens is 370 g/mol. The highest BCUT2D eigenvalue weighted by molar-refractivity contribution is 6.40. The van der Waals surface area contributed by atoms with Crippen LogP contribution in [0.4, 0.5) is 5.69 Å². The monoisotopic (exact) mass is 385 g/mol.